The highest BCUT2D eigenvalue weighted by atomic mass is 32.2. The molecule has 27 heavy (non-hydrogen) atoms. The van der Waals surface area contributed by atoms with Crippen LogP contribution in [0.2, 0.25) is 0 Å². The van der Waals surface area contributed by atoms with E-state index in [1.807, 2.05) is 0 Å². The molecule has 0 saturated carbocycles. The van der Waals surface area contributed by atoms with Crippen LogP contribution in [-0.2, 0) is 20.5 Å². The van der Waals surface area contributed by atoms with Crippen LogP contribution in [-0.4, -0.2) is 39.7 Å². The molecule has 0 atom stereocenters. The first kappa shape index (κ1) is 20.7. The van der Waals surface area contributed by atoms with Crippen molar-refractivity contribution in [2.75, 3.05) is 31.9 Å². The van der Waals surface area contributed by atoms with Crippen molar-refractivity contribution >= 4 is 27.6 Å². The van der Waals surface area contributed by atoms with Gasteiger partial charge in [0.2, 0.25) is 5.95 Å². The number of alkyl halides is 3. The number of halogens is 3. The molecule has 1 aromatic carbocycles. The molecular formula is C15H17F3N4O4S. The summed E-state index contributed by atoms with van der Waals surface area (Å²) < 4.78 is 72.3. The SMILES string of the molecule is CNc1nc(Nc2cc(C)c(S(=O)(=O)OC)cc2OC)ncc1C(F)(F)F. The van der Waals surface area contributed by atoms with E-state index in [0.717, 1.165) is 7.11 Å². The normalized spacial score (nSPS) is 12.0. The lowest BCUT2D eigenvalue weighted by Crippen LogP contribution is -2.13. The molecule has 2 aromatic rings. The van der Waals surface area contributed by atoms with E-state index in [0.29, 0.717) is 11.8 Å². The zero-order valence-corrected chi connectivity index (χ0v) is 15.6. The third kappa shape index (κ3) is 4.39. The number of nitrogens with one attached hydrogen (secondary N) is 2. The number of methoxy groups -OCH3 is 1. The summed E-state index contributed by atoms with van der Waals surface area (Å²) in [6.45, 7) is 1.53. The number of benzene rings is 1. The summed E-state index contributed by atoms with van der Waals surface area (Å²) in [5.74, 6) is -0.424. The number of aryl methyl sites for hydroxylation is 1. The van der Waals surface area contributed by atoms with Crippen LogP contribution in [0.1, 0.15) is 11.1 Å². The number of ether oxygens (including phenoxy) is 1. The van der Waals surface area contributed by atoms with Crippen LogP contribution >= 0.6 is 0 Å². The van der Waals surface area contributed by atoms with Gasteiger partial charge >= 0.3 is 6.18 Å². The van der Waals surface area contributed by atoms with Crippen LogP contribution in [0, 0.1) is 6.92 Å². The van der Waals surface area contributed by atoms with E-state index in [-0.39, 0.29) is 22.3 Å². The van der Waals surface area contributed by atoms with E-state index in [4.69, 9.17) is 4.74 Å². The van der Waals surface area contributed by atoms with E-state index in [9.17, 15) is 21.6 Å². The summed E-state index contributed by atoms with van der Waals surface area (Å²) in [4.78, 5) is 7.35. The second kappa shape index (κ2) is 7.56. The number of anilines is 3. The van der Waals surface area contributed by atoms with Crippen molar-refractivity contribution in [1.82, 2.24) is 9.97 Å². The summed E-state index contributed by atoms with van der Waals surface area (Å²) in [6, 6.07) is 2.67. The predicted molar refractivity (Wildman–Crippen MR) is 91.8 cm³/mol. The smallest absolute Gasteiger partial charge is 0.421 e. The Balaban J connectivity index is 2.47. The zero-order chi connectivity index (χ0) is 20.4. The van der Waals surface area contributed by atoms with Gasteiger partial charge < -0.3 is 15.4 Å². The molecule has 0 fully saturated rings. The Bertz CT molecular complexity index is 949. The van der Waals surface area contributed by atoms with Gasteiger partial charge in [-0.15, -0.1) is 0 Å². The topological polar surface area (TPSA) is 102 Å². The number of aromatic nitrogens is 2. The van der Waals surface area contributed by atoms with Gasteiger partial charge in [-0.3, -0.25) is 4.18 Å². The predicted octanol–water partition coefficient (Wildman–Crippen LogP) is 2.93. The summed E-state index contributed by atoms with van der Waals surface area (Å²) in [7, 11) is -0.314. The van der Waals surface area contributed by atoms with Crippen molar-refractivity contribution in [3.05, 3.63) is 29.5 Å². The second-order valence-electron chi connectivity index (χ2n) is 5.27. The molecule has 0 radical (unpaired) electrons. The van der Waals surface area contributed by atoms with E-state index in [2.05, 4.69) is 24.8 Å². The maximum atomic E-state index is 12.9. The molecule has 0 spiro atoms. The standard InChI is InChI=1S/C15H17F3N4O4S/c1-8-5-10(11(25-3)6-12(8)27(23,24)26-4)21-14-20-7-9(15(16,17)18)13(19-2)22-14/h5-7H,1-4H3,(H2,19,20,21,22). The first-order chi connectivity index (χ1) is 12.5. The summed E-state index contributed by atoms with van der Waals surface area (Å²) in [5.41, 5.74) is -0.409. The lowest BCUT2D eigenvalue weighted by Gasteiger charge is -2.16. The van der Waals surface area contributed by atoms with Crippen LogP contribution in [0.25, 0.3) is 0 Å². The Hall–Kier alpha value is -2.60. The van der Waals surface area contributed by atoms with Gasteiger partial charge in [0.1, 0.15) is 22.0 Å². The number of nitrogens with zero attached hydrogens (tertiary/aromatic N) is 2. The third-order valence-corrected chi connectivity index (χ3v) is 4.98. The van der Waals surface area contributed by atoms with Gasteiger partial charge in [-0.05, 0) is 18.6 Å². The highest BCUT2D eigenvalue weighted by molar-refractivity contribution is 7.86. The molecule has 12 heteroatoms. The number of rotatable bonds is 6. The molecule has 2 N–H and O–H groups in total. The molecule has 1 heterocycles. The quantitative estimate of drug-likeness (QED) is 0.706. The lowest BCUT2D eigenvalue weighted by atomic mass is 10.2. The molecule has 1 aromatic heterocycles. The number of hydrogen-bond acceptors (Lipinski definition) is 8. The van der Waals surface area contributed by atoms with Crippen molar-refractivity contribution in [1.29, 1.82) is 0 Å². The van der Waals surface area contributed by atoms with E-state index in [1.54, 1.807) is 0 Å². The van der Waals surface area contributed by atoms with E-state index in [1.165, 1.54) is 33.2 Å². The average Bonchev–Trinajstić information content (AvgIpc) is 2.60. The first-order valence-corrected chi connectivity index (χ1v) is 8.82. The molecule has 0 saturated heterocycles. The third-order valence-electron chi connectivity index (χ3n) is 3.56. The Kier molecular flexibility index (Phi) is 5.80. The summed E-state index contributed by atoms with van der Waals surface area (Å²) >= 11 is 0. The Labute approximate surface area is 153 Å². The molecule has 0 unspecified atom stereocenters. The van der Waals surface area contributed by atoms with E-state index >= 15 is 0 Å². The van der Waals surface area contributed by atoms with Gasteiger partial charge in [0.15, 0.2) is 0 Å². The summed E-state index contributed by atoms with van der Waals surface area (Å²) in [5, 5.41) is 5.09. The number of hydrogen-bond donors (Lipinski definition) is 2. The van der Waals surface area contributed by atoms with Crippen LogP contribution < -0.4 is 15.4 Å². The van der Waals surface area contributed by atoms with Gasteiger partial charge in [0, 0.05) is 19.3 Å². The Morgan fingerprint density at radius 2 is 1.85 bits per heavy atom. The Morgan fingerprint density at radius 3 is 2.37 bits per heavy atom. The minimum Gasteiger partial charge on any atom is -0.495 e. The van der Waals surface area contributed by atoms with Crippen molar-refractivity contribution in [2.24, 2.45) is 0 Å². The molecule has 0 bridgehead atoms. The molecule has 0 amide bonds. The molecule has 0 aliphatic rings. The van der Waals surface area contributed by atoms with E-state index < -0.39 is 27.7 Å². The van der Waals surface area contributed by atoms with Gasteiger partial charge in [0.25, 0.3) is 10.1 Å². The minimum atomic E-state index is -4.61. The van der Waals surface area contributed by atoms with Gasteiger partial charge in [-0.25, -0.2) is 4.98 Å². The van der Waals surface area contributed by atoms with Gasteiger partial charge in [-0.2, -0.15) is 26.6 Å². The van der Waals surface area contributed by atoms with Crippen LogP contribution in [0.4, 0.5) is 30.6 Å². The average molecular weight is 406 g/mol. The highest BCUT2D eigenvalue weighted by Crippen LogP contribution is 2.35. The fraction of sp³-hybridized carbons (Fsp3) is 0.333. The minimum absolute atomic E-state index is 0.100. The lowest BCUT2D eigenvalue weighted by molar-refractivity contribution is -0.137. The van der Waals surface area contributed by atoms with Gasteiger partial charge in [-0.1, -0.05) is 0 Å². The molecule has 148 valence electrons. The van der Waals surface area contributed by atoms with Gasteiger partial charge in [0.05, 0.1) is 19.9 Å². The highest BCUT2D eigenvalue weighted by Gasteiger charge is 2.35. The first-order valence-electron chi connectivity index (χ1n) is 7.41. The van der Waals surface area contributed by atoms with Crippen molar-refractivity contribution in [3.63, 3.8) is 0 Å². The molecule has 2 rings (SSSR count). The molecular weight excluding hydrogens is 389 g/mol. The summed E-state index contributed by atoms with van der Waals surface area (Å²) in [6.07, 6.45) is -3.97. The van der Waals surface area contributed by atoms with Crippen LogP contribution in [0.3, 0.4) is 0 Å². The Morgan fingerprint density at radius 1 is 1.19 bits per heavy atom. The van der Waals surface area contributed by atoms with Crippen LogP contribution in [0.5, 0.6) is 5.75 Å². The van der Waals surface area contributed by atoms with Crippen molar-refractivity contribution in [3.8, 4) is 5.75 Å². The fourth-order valence-electron chi connectivity index (χ4n) is 2.26. The van der Waals surface area contributed by atoms with Crippen molar-refractivity contribution in [2.45, 2.75) is 18.0 Å². The second-order valence-corrected chi connectivity index (χ2v) is 6.95. The molecule has 8 nitrogen and oxygen atoms in total. The maximum Gasteiger partial charge on any atom is 0.421 e. The van der Waals surface area contributed by atoms with Crippen LogP contribution in [0.15, 0.2) is 23.2 Å². The van der Waals surface area contributed by atoms with Crippen molar-refractivity contribution < 1.29 is 30.5 Å². The fourth-order valence-corrected chi connectivity index (χ4v) is 3.14. The maximum absolute atomic E-state index is 12.9. The molecule has 0 aliphatic heterocycles. The molecule has 0 aliphatic carbocycles. The largest absolute Gasteiger partial charge is 0.495 e. The monoisotopic (exact) mass is 406 g/mol. The zero-order valence-electron chi connectivity index (χ0n) is 14.8.